The summed E-state index contributed by atoms with van der Waals surface area (Å²) in [5.74, 6) is -81.4. The first-order chi connectivity index (χ1) is 30.6. The minimum Gasteiger partial charge on any atom is -0.521 e. The van der Waals surface area contributed by atoms with Gasteiger partial charge in [0.15, 0.2) is 134 Å². The zero-order valence-electron chi connectivity index (χ0n) is 29.8. The first-order valence-electron chi connectivity index (χ1n) is 16.9. The molecule has 9 rings (SSSR count). The Morgan fingerprint density at radius 1 is 0.273 bits per heavy atom. The molecule has 0 aliphatic heterocycles. The van der Waals surface area contributed by atoms with E-state index in [2.05, 4.69) is 9.31 Å². The molecule has 2 aliphatic carbocycles. The number of alkyl halides is 3. The van der Waals surface area contributed by atoms with E-state index in [0.717, 1.165) is 0 Å². The van der Waals surface area contributed by atoms with Crippen LogP contribution in [0.2, 0.25) is 0 Å². The van der Waals surface area contributed by atoms with E-state index in [1.807, 2.05) is 0 Å². The van der Waals surface area contributed by atoms with Crippen molar-refractivity contribution < 1.29 is 119 Å². The van der Waals surface area contributed by atoms with Crippen molar-refractivity contribution in [3.63, 3.8) is 0 Å². The number of allylic oxidation sites excluding steroid dienone is 1. The normalized spacial score (nSPS) is 16.4. The molecule has 0 saturated heterocycles. The van der Waals surface area contributed by atoms with Gasteiger partial charge >= 0.3 is 13.0 Å². The van der Waals surface area contributed by atoms with Gasteiger partial charge in [-0.05, 0) is 0 Å². The van der Waals surface area contributed by atoms with Crippen molar-refractivity contribution in [1.29, 1.82) is 0 Å². The van der Waals surface area contributed by atoms with Crippen LogP contribution in [0.3, 0.4) is 0 Å². The van der Waals surface area contributed by atoms with Crippen LogP contribution in [0, 0.1) is 116 Å². The largest absolute Gasteiger partial charge is 0.647 e. The molecule has 0 fully saturated rings. The third-order valence-electron chi connectivity index (χ3n) is 10.7. The predicted octanol–water partition coefficient (Wildman–Crippen LogP) is 13.5. The SMILES string of the molecule is FC1=C(F)C(F)(B(Oc2c(F)c(F)c(F)c3c2C(F)(F)c2c(F)c(F)c(F)c(F)c2-3)Oc2c(F)c(F)c3c(F)c(F)c4c(F)c(F)c(F)c5c(F)c(F)c2c3c45)c2c(F)c(F)c(F)c(F)c21. The first-order valence-corrected chi connectivity index (χ1v) is 16.9. The monoisotopic (exact) mass is 974 g/mol. The van der Waals surface area contributed by atoms with Crippen molar-refractivity contribution in [3.05, 3.63) is 144 Å². The molecule has 342 valence electrons. The summed E-state index contributed by atoms with van der Waals surface area (Å²) in [4.78, 5) is 0. The quantitative estimate of drug-likeness (QED) is 0.0563. The maximum atomic E-state index is 17.6. The molecular weight excluding hydrogens is 974 g/mol. The highest BCUT2D eigenvalue weighted by Crippen LogP contribution is 2.61. The van der Waals surface area contributed by atoms with E-state index in [0.29, 0.717) is 0 Å². The van der Waals surface area contributed by atoms with Crippen molar-refractivity contribution in [2.45, 2.75) is 11.5 Å². The topological polar surface area (TPSA) is 18.5 Å². The van der Waals surface area contributed by atoms with E-state index < -0.39 is 224 Å². The maximum Gasteiger partial charge on any atom is 0.647 e. The number of halogens is 25. The fourth-order valence-corrected chi connectivity index (χ4v) is 7.96. The average molecular weight is 974 g/mol. The lowest BCUT2D eigenvalue weighted by Gasteiger charge is -2.30. The summed E-state index contributed by atoms with van der Waals surface area (Å²) in [5.41, 5.74) is -22.9. The summed E-state index contributed by atoms with van der Waals surface area (Å²) in [6.45, 7) is 0. The fraction of sp³-hybridized carbons (Fsp3) is 0.0526. The van der Waals surface area contributed by atoms with Crippen molar-refractivity contribution in [3.8, 4) is 22.6 Å². The fourth-order valence-electron chi connectivity index (χ4n) is 7.96. The Balaban J connectivity index is 1.44. The molecule has 0 amide bonds. The minimum atomic E-state index is -5.94. The molecular formula is C38BF25O2. The van der Waals surface area contributed by atoms with Crippen LogP contribution >= 0.6 is 0 Å². The molecule has 0 spiro atoms. The Bertz CT molecular complexity index is 3490. The highest BCUT2D eigenvalue weighted by molar-refractivity contribution is 6.52. The summed E-state index contributed by atoms with van der Waals surface area (Å²) in [6, 6.07) is 0. The van der Waals surface area contributed by atoms with Crippen LogP contribution in [-0.4, -0.2) is 7.12 Å². The molecule has 0 heterocycles. The zero-order chi connectivity index (χ0) is 48.8. The number of rotatable bonds is 5. The second-order valence-corrected chi connectivity index (χ2v) is 13.9. The predicted molar refractivity (Wildman–Crippen MR) is 170 cm³/mol. The van der Waals surface area contributed by atoms with Gasteiger partial charge in [0.25, 0.3) is 5.57 Å². The molecule has 2 nitrogen and oxygen atoms in total. The number of benzene rings is 7. The second-order valence-electron chi connectivity index (χ2n) is 13.9. The summed E-state index contributed by atoms with van der Waals surface area (Å²) in [7, 11) is -4.96. The van der Waals surface area contributed by atoms with Crippen LogP contribution in [0.1, 0.15) is 22.3 Å². The van der Waals surface area contributed by atoms with Crippen LogP contribution in [0.5, 0.6) is 11.5 Å². The molecule has 7 aromatic carbocycles. The third kappa shape index (κ3) is 4.95. The lowest BCUT2D eigenvalue weighted by atomic mass is 9.64. The maximum absolute atomic E-state index is 17.6. The number of hydrogen-bond acceptors (Lipinski definition) is 2. The van der Waals surface area contributed by atoms with Gasteiger partial charge in [0.1, 0.15) is 0 Å². The van der Waals surface area contributed by atoms with E-state index >= 15 is 79.0 Å². The Labute approximate surface area is 343 Å². The van der Waals surface area contributed by atoms with E-state index in [-0.39, 0.29) is 0 Å². The number of fused-ring (bicyclic) bond motifs is 4. The average Bonchev–Trinajstić information content (AvgIpc) is 3.64. The van der Waals surface area contributed by atoms with Crippen molar-refractivity contribution >= 4 is 45.3 Å². The Morgan fingerprint density at radius 2 is 0.591 bits per heavy atom. The summed E-state index contributed by atoms with van der Waals surface area (Å²) < 4.78 is 394. The highest BCUT2D eigenvalue weighted by Gasteiger charge is 2.67. The molecule has 0 aromatic heterocycles. The van der Waals surface area contributed by atoms with Gasteiger partial charge in [-0.25, -0.2) is 92.2 Å². The molecule has 66 heavy (non-hydrogen) atoms. The van der Waals surface area contributed by atoms with Crippen LogP contribution < -0.4 is 9.31 Å². The van der Waals surface area contributed by atoms with Crippen LogP contribution in [0.15, 0.2) is 5.83 Å². The van der Waals surface area contributed by atoms with Gasteiger partial charge in [0.2, 0.25) is 5.82 Å². The summed E-state index contributed by atoms with van der Waals surface area (Å²) in [6.07, 6.45) is 0. The van der Waals surface area contributed by atoms with Crippen LogP contribution in [0.25, 0.3) is 49.3 Å². The zero-order valence-corrected chi connectivity index (χ0v) is 29.8. The molecule has 1 atom stereocenters. The van der Waals surface area contributed by atoms with E-state index in [9.17, 15) is 30.7 Å². The number of hydrogen-bond donors (Lipinski definition) is 0. The molecule has 7 aromatic rings. The smallest absolute Gasteiger partial charge is 0.521 e. The highest BCUT2D eigenvalue weighted by atomic mass is 19.3. The Hall–Kier alpha value is -6.77. The molecule has 0 saturated carbocycles. The van der Waals surface area contributed by atoms with E-state index in [1.165, 1.54) is 0 Å². The van der Waals surface area contributed by atoms with Gasteiger partial charge in [0, 0.05) is 27.5 Å². The van der Waals surface area contributed by atoms with Gasteiger partial charge in [0.05, 0.1) is 38.2 Å². The van der Waals surface area contributed by atoms with Gasteiger partial charge in [-0.15, -0.1) is 0 Å². The minimum absolute atomic E-state index is 2.05. The first kappa shape index (κ1) is 44.4. The van der Waals surface area contributed by atoms with E-state index in [4.69, 9.17) is 0 Å². The van der Waals surface area contributed by atoms with Crippen LogP contribution in [0.4, 0.5) is 110 Å². The molecule has 1 unspecified atom stereocenters. The molecule has 0 bridgehead atoms. The molecule has 28 heteroatoms. The van der Waals surface area contributed by atoms with Crippen LogP contribution in [-0.2, 0) is 11.5 Å². The van der Waals surface area contributed by atoms with Gasteiger partial charge < -0.3 is 9.31 Å². The molecule has 2 aliphatic rings. The summed E-state index contributed by atoms with van der Waals surface area (Å²) >= 11 is 0. The van der Waals surface area contributed by atoms with Gasteiger partial charge in [-0.2, -0.15) is 17.6 Å². The van der Waals surface area contributed by atoms with Crippen molar-refractivity contribution in [2.24, 2.45) is 0 Å². The van der Waals surface area contributed by atoms with E-state index in [1.54, 1.807) is 0 Å². The Morgan fingerprint density at radius 3 is 1.09 bits per heavy atom. The van der Waals surface area contributed by atoms with Crippen molar-refractivity contribution in [1.82, 2.24) is 0 Å². The Kier molecular flexibility index (Phi) is 9.19. The standard InChI is InChI=1S/C38BF25O2/c40-13-3-4-12(38(63,64)11(3)25(52)31(58)27(13)54)35(33(60)29(56)14(4)41)66-39(37(62)10-9(23(50)36(37)61)22(49)28(55)30(57)24(10)51)65-34-8-2-1-5(15(42)16(43)7(2)20(47)32(34)59)18(45)26(53)19(46)6(1)17(44)21(8)48. The van der Waals surface area contributed by atoms with Gasteiger partial charge in [-0.3, -0.25) is 0 Å². The third-order valence-corrected chi connectivity index (χ3v) is 10.7. The summed E-state index contributed by atoms with van der Waals surface area (Å²) in [5, 5.41) is -13.7. The second kappa shape index (κ2) is 13.6. The molecule has 0 N–H and O–H groups in total. The molecule has 0 radical (unpaired) electrons. The lowest BCUT2D eigenvalue weighted by molar-refractivity contribution is 0.0401. The van der Waals surface area contributed by atoms with Gasteiger partial charge in [-0.1, -0.05) is 0 Å². The lowest BCUT2D eigenvalue weighted by Crippen LogP contribution is -2.50. The van der Waals surface area contributed by atoms with Crippen molar-refractivity contribution in [2.75, 3.05) is 0 Å².